The third-order valence-corrected chi connectivity index (χ3v) is 3.59. The van der Waals surface area contributed by atoms with Crippen LogP contribution in [0.15, 0.2) is 26.8 Å². The van der Waals surface area contributed by atoms with Crippen LogP contribution in [0.3, 0.4) is 0 Å². The van der Waals surface area contributed by atoms with Crippen molar-refractivity contribution in [3.8, 4) is 5.75 Å². The Kier molecular flexibility index (Phi) is 4.41. The van der Waals surface area contributed by atoms with Gasteiger partial charge in [0.2, 0.25) is 0 Å². The molecule has 0 aliphatic carbocycles. The predicted octanol–water partition coefficient (Wildman–Crippen LogP) is 1.77. The molecule has 0 radical (unpaired) electrons. The first kappa shape index (κ1) is 16.3. The van der Waals surface area contributed by atoms with Crippen LogP contribution in [0.5, 0.6) is 5.75 Å². The second-order valence-corrected chi connectivity index (χ2v) is 6.29. The van der Waals surface area contributed by atoms with Gasteiger partial charge in [0.1, 0.15) is 18.5 Å². The number of guanidine groups is 1. The van der Waals surface area contributed by atoms with Crippen LogP contribution in [0.2, 0.25) is 0 Å². The number of fused-ring (bicyclic) bond motifs is 1. The van der Waals surface area contributed by atoms with Crippen molar-refractivity contribution in [1.29, 1.82) is 0 Å². The van der Waals surface area contributed by atoms with Crippen molar-refractivity contribution in [3.05, 3.63) is 27.7 Å². The number of nitrogens with two attached hydrogens (primary N) is 2. The van der Waals surface area contributed by atoms with Crippen LogP contribution in [-0.2, 0) is 4.84 Å². The number of rotatable bonds is 2. The third-order valence-electron chi connectivity index (χ3n) is 3.01. The number of oxime groups is 1. The fourth-order valence-corrected chi connectivity index (χ4v) is 2.76. The van der Waals surface area contributed by atoms with E-state index in [0.717, 1.165) is 0 Å². The largest absolute Gasteiger partial charge is 0.486 e. The number of hydrogen-bond donors (Lipinski definition) is 2. The summed E-state index contributed by atoms with van der Waals surface area (Å²) in [5.74, 6) is -0.222. The van der Waals surface area contributed by atoms with Gasteiger partial charge in [-0.2, -0.15) is 4.99 Å². The Morgan fingerprint density at radius 3 is 2.68 bits per heavy atom. The van der Waals surface area contributed by atoms with Crippen molar-refractivity contribution in [2.24, 2.45) is 21.6 Å². The SMILES string of the molecule is CON=C1CC(C)(C)Oc2c(Br)cc(C(=O)N=C(N)N)cc21. The number of carbonyl (C=O) groups excluding carboxylic acids is 1. The van der Waals surface area contributed by atoms with E-state index < -0.39 is 11.5 Å². The van der Waals surface area contributed by atoms with Crippen molar-refractivity contribution >= 4 is 33.5 Å². The Morgan fingerprint density at radius 2 is 2.09 bits per heavy atom. The van der Waals surface area contributed by atoms with Gasteiger partial charge in [-0.3, -0.25) is 4.79 Å². The number of benzene rings is 1. The number of carbonyl (C=O) groups is 1. The van der Waals surface area contributed by atoms with Gasteiger partial charge < -0.3 is 21.0 Å². The van der Waals surface area contributed by atoms with Gasteiger partial charge in [0.15, 0.2) is 5.96 Å². The second-order valence-electron chi connectivity index (χ2n) is 5.44. The number of amides is 1. The second kappa shape index (κ2) is 5.96. The Balaban J connectivity index is 2.58. The molecule has 1 aliphatic heterocycles. The summed E-state index contributed by atoms with van der Waals surface area (Å²) in [7, 11) is 1.47. The number of hydrogen-bond acceptors (Lipinski definition) is 4. The van der Waals surface area contributed by atoms with E-state index in [1.54, 1.807) is 12.1 Å². The standard InChI is InChI=1S/C14H17BrN4O3/c1-14(2)6-10(19-21-3)8-4-7(12(20)18-13(16)17)5-9(15)11(8)22-14/h4-5H,6H2,1-3H3,(H4,16,17,18,20). The normalized spacial score (nSPS) is 17.4. The molecule has 0 spiro atoms. The van der Waals surface area contributed by atoms with E-state index in [0.29, 0.717) is 33.5 Å². The lowest BCUT2D eigenvalue weighted by Crippen LogP contribution is -2.36. The number of halogens is 1. The van der Waals surface area contributed by atoms with Gasteiger partial charge in [0.25, 0.3) is 5.91 Å². The van der Waals surface area contributed by atoms with E-state index in [4.69, 9.17) is 21.0 Å². The minimum absolute atomic E-state index is 0.290. The van der Waals surface area contributed by atoms with Crippen LogP contribution in [0.1, 0.15) is 36.2 Å². The topological polar surface area (TPSA) is 112 Å². The summed E-state index contributed by atoms with van der Waals surface area (Å²) in [6.07, 6.45) is 0.542. The highest BCUT2D eigenvalue weighted by Crippen LogP contribution is 2.40. The molecule has 0 bridgehead atoms. The molecule has 0 atom stereocenters. The molecule has 1 aromatic rings. The monoisotopic (exact) mass is 368 g/mol. The maximum Gasteiger partial charge on any atom is 0.280 e. The fourth-order valence-electron chi connectivity index (χ4n) is 2.22. The van der Waals surface area contributed by atoms with Crippen molar-refractivity contribution in [2.75, 3.05) is 7.11 Å². The summed E-state index contributed by atoms with van der Waals surface area (Å²) in [5, 5.41) is 4.04. The molecule has 0 fully saturated rings. The van der Waals surface area contributed by atoms with Crippen molar-refractivity contribution in [2.45, 2.75) is 25.9 Å². The summed E-state index contributed by atoms with van der Waals surface area (Å²) < 4.78 is 6.58. The molecule has 4 N–H and O–H groups in total. The van der Waals surface area contributed by atoms with Gasteiger partial charge in [0, 0.05) is 17.5 Å². The first-order valence-corrected chi connectivity index (χ1v) is 7.30. The number of ether oxygens (including phenoxy) is 1. The van der Waals surface area contributed by atoms with Crippen LogP contribution >= 0.6 is 15.9 Å². The number of nitrogens with zero attached hydrogens (tertiary/aromatic N) is 2. The molecular weight excluding hydrogens is 352 g/mol. The molecule has 0 saturated carbocycles. The molecule has 1 heterocycles. The average molecular weight is 369 g/mol. The average Bonchev–Trinajstić information content (AvgIpc) is 2.38. The van der Waals surface area contributed by atoms with Gasteiger partial charge in [0.05, 0.1) is 10.2 Å². The van der Waals surface area contributed by atoms with E-state index in [-0.39, 0.29) is 5.96 Å². The lowest BCUT2D eigenvalue weighted by atomic mass is 9.91. The molecular formula is C14H17BrN4O3. The minimum atomic E-state index is -0.537. The zero-order valence-corrected chi connectivity index (χ0v) is 14.1. The van der Waals surface area contributed by atoms with E-state index in [1.807, 2.05) is 13.8 Å². The van der Waals surface area contributed by atoms with Crippen molar-refractivity contribution in [1.82, 2.24) is 0 Å². The Labute approximate surface area is 136 Å². The Morgan fingerprint density at radius 1 is 1.41 bits per heavy atom. The van der Waals surface area contributed by atoms with Crippen LogP contribution in [0.25, 0.3) is 0 Å². The Hall–Kier alpha value is -2.09. The molecule has 1 aromatic carbocycles. The molecule has 0 saturated heterocycles. The van der Waals surface area contributed by atoms with Crippen LogP contribution in [0, 0.1) is 0 Å². The lowest BCUT2D eigenvalue weighted by Gasteiger charge is -2.33. The summed E-state index contributed by atoms with van der Waals surface area (Å²) in [6, 6.07) is 3.25. The van der Waals surface area contributed by atoms with E-state index in [2.05, 4.69) is 26.1 Å². The quantitative estimate of drug-likeness (QED) is 0.469. The highest BCUT2D eigenvalue weighted by molar-refractivity contribution is 9.10. The predicted molar refractivity (Wildman–Crippen MR) is 87.2 cm³/mol. The molecule has 1 aliphatic rings. The third kappa shape index (κ3) is 3.38. The minimum Gasteiger partial charge on any atom is -0.486 e. The molecule has 0 aromatic heterocycles. The molecule has 22 heavy (non-hydrogen) atoms. The summed E-state index contributed by atoms with van der Waals surface area (Å²) in [4.78, 5) is 20.4. The molecule has 1 amide bonds. The summed E-state index contributed by atoms with van der Waals surface area (Å²) >= 11 is 3.41. The van der Waals surface area contributed by atoms with Gasteiger partial charge >= 0.3 is 0 Å². The van der Waals surface area contributed by atoms with Crippen LogP contribution in [-0.4, -0.2) is 30.3 Å². The maximum absolute atomic E-state index is 12.0. The Bertz CT molecular complexity index is 679. The first-order chi connectivity index (χ1) is 10.2. The van der Waals surface area contributed by atoms with Crippen LogP contribution < -0.4 is 16.2 Å². The van der Waals surface area contributed by atoms with E-state index in [1.165, 1.54) is 7.11 Å². The number of aliphatic imine (C=N–C) groups is 1. The first-order valence-electron chi connectivity index (χ1n) is 6.50. The zero-order chi connectivity index (χ0) is 16.5. The van der Waals surface area contributed by atoms with Gasteiger partial charge in [-0.1, -0.05) is 5.16 Å². The maximum atomic E-state index is 12.0. The zero-order valence-electron chi connectivity index (χ0n) is 12.5. The molecule has 7 nitrogen and oxygen atoms in total. The van der Waals surface area contributed by atoms with E-state index in [9.17, 15) is 4.79 Å². The highest BCUT2D eigenvalue weighted by atomic mass is 79.9. The lowest BCUT2D eigenvalue weighted by molar-refractivity contribution is 0.100. The molecule has 118 valence electrons. The molecule has 0 unspecified atom stereocenters. The highest BCUT2D eigenvalue weighted by Gasteiger charge is 2.33. The summed E-state index contributed by atoms with van der Waals surface area (Å²) in [6.45, 7) is 3.90. The van der Waals surface area contributed by atoms with E-state index >= 15 is 0 Å². The molecule has 8 heteroatoms. The summed E-state index contributed by atoms with van der Waals surface area (Å²) in [5.41, 5.74) is 11.7. The van der Waals surface area contributed by atoms with Crippen molar-refractivity contribution in [3.63, 3.8) is 0 Å². The van der Waals surface area contributed by atoms with Gasteiger partial charge in [-0.25, -0.2) is 0 Å². The smallest absolute Gasteiger partial charge is 0.280 e. The van der Waals surface area contributed by atoms with Gasteiger partial charge in [-0.05, 0) is 41.9 Å². The van der Waals surface area contributed by atoms with Crippen molar-refractivity contribution < 1.29 is 14.4 Å². The van der Waals surface area contributed by atoms with Gasteiger partial charge in [-0.15, -0.1) is 0 Å². The molecule has 2 rings (SSSR count). The van der Waals surface area contributed by atoms with Crippen LogP contribution in [0.4, 0.5) is 0 Å². The fraction of sp³-hybridized carbons (Fsp3) is 0.357.